The maximum Gasteiger partial charge on any atom is 0.254 e. The molecule has 0 radical (unpaired) electrons. The fraction of sp³-hybridized carbons (Fsp3) is 0.263. The maximum atomic E-state index is 12.5. The smallest absolute Gasteiger partial charge is 0.254 e. The number of halogens is 1. The van der Waals surface area contributed by atoms with Crippen LogP contribution in [0.15, 0.2) is 46.9 Å². The van der Waals surface area contributed by atoms with E-state index in [9.17, 15) is 19.8 Å². The Hall–Kier alpha value is -2.54. The van der Waals surface area contributed by atoms with E-state index < -0.39 is 0 Å². The van der Waals surface area contributed by atoms with Crippen LogP contribution in [0.5, 0.6) is 11.5 Å². The average Bonchev–Trinajstić information content (AvgIpc) is 2.61. The van der Waals surface area contributed by atoms with Gasteiger partial charge in [0.05, 0.1) is 5.56 Å². The van der Waals surface area contributed by atoms with Crippen molar-refractivity contribution in [3.05, 3.63) is 58.1 Å². The van der Waals surface area contributed by atoms with Gasteiger partial charge in [-0.2, -0.15) is 0 Å². The van der Waals surface area contributed by atoms with Gasteiger partial charge >= 0.3 is 0 Å². The molecule has 136 valence electrons. The first-order chi connectivity index (χ1) is 12.4. The fourth-order valence-electron chi connectivity index (χ4n) is 3.04. The van der Waals surface area contributed by atoms with Crippen molar-refractivity contribution in [1.82, 2.24) is 10.2 Å². The number of hydrogen-bond acceptors (Lipinski definition) is 4. The highest BCUT2D eigenvalue weighted by Gasteiger charge is 2.25. The number of rotatable bonds is 3. The van der Waals surface area contributed by atoms with E-state index in [2.05, 4.69) is 21.2 Å². The Morgan fingerprint density at radius 2 is 1.65 bits per heavy atom. The summed E-state index contributed by atoms with van der Waals surface area (Å²) in [4.78, 5) is 26.5. The standard InChI is InChI=1S/C19H19BrN2O4/c20-17-4-2-1-3-16(17)18(25)21-13-5-7-22(8-6-13)19(26)12-9-14(23)11-15(24)10-12/h1-4,9-11,13,23-24H,5-8H2,(H,21,25). The zero-order valence-electron chi connectivity index (χ0n) is 14.0. The lowest BCUT2D eigenvalue weighted by atomic mass is 10.0. The molecule has 0 atom stereocenters. The van der Waals surface area contributed by atoms with Gasteiger partial charge in [-0.15, -0.1) is 0 Å². The molecule has 2 aromatic rings. The van der Waals surface area contributed by atoms with Gasteiger partial charge < -0.3 is 20.4 Å². The highest BCUT2D eigenvalue weighted by Crippen LogP contribution is 2.23. The van der Waals surface area contributed by atoms with Crippen LogP contribution in [0.25, 0.3) is 0 Å². The Kier molecular flexibility index (Phi) is 5.46. The Labute approximate surface area is 159 Å². The lowest BCUT2D eigenvalue weighted by molar-refractivity contribution is 0.0697. The summed E-state index contributed by atoms with van der Waals surface area (Å²) in [6.45, 7) is 0.992. The van der Waals surface area contributed by atoms with Crippen molar-refractivity contribution >= 4 is 27.7 Å². The molecule has 0 spiro atoms. The summed E-state index contributed by atoms with van der Waals surface area (Å²) in [5.74, 6) is -0.681. The predicted molar refractivity (Wildman–Crippen MR) is 100 cm³/mol. The van der Waals surface area contributed by atoms with Gasteiger partial charge in [0.25, 0.3) is 11.8 Å². The molecule has 0 unspecified atom stereocenters. The van der Waals surface area contributed by atoms with Crippen LogP contribution >= 0.6 is 15.9 Å². The third kappa shape index (κ3) is 4.16. The Bertz CT molecular complexity index is 812. The summed E-state index contributed by atoms with van der Waals surface area (Å²) >= 11 is 3.37. The summed E-state index contributed by atoms with van der Waals surface area (Å²) in [6.07, 6.45) is 1.29. The van der Waals surface area contributed by atoms with Gasteiger partial charge in [0, 0.05) is 35.2 Å². The minimum absolute atomic E-state index is 0.00349. The molecule has 1 aliphatic heterocycles. The second kappa shape index (κ2) is 7.78. The summed E-state index contributed by atoms with van der Waals surface area (Å²) < 4.78 is 0.744. The molecule has 0 bridgehead atoms. The van der Waals surface area contributed by atoms with Gasteiger partial charge in [-0.05, 0) is 53.0 Å². The van der Waals surface area contributed by atoms with Crippen molar-refractivity contribution in [3.63, 3.8) is 0 Å². The molecule has 0 aromatic heterocycles. The minimum atomic E-state index is -0.244. The summed E-state index contributed by atoms with van der Waals surface area (Å²) in [5.41, 5.74) is 0.833. The van der Waals surface area contributed by atoms with E-state index in [0.29, 0.717) is 31.5 Å². The summed E-state index contributed by atoms with van der Waals surface area (Å²) in [6, 6.07) is 11.1. The SMILES string of the molecule is O=C(NC1CCN(C(=O)c2cc(O)cc(O)c2)CC1)c1ccccc1Br. The van der Waals surface area contributed by atoms with E-state index in [1.807, 2.05) is 18.2 Å². The van der Waals surface area contributed by atoms with Crippen molar-refractivity contribution in [1.29, 1.82) is 0 Å². The van der Waals surface area contributed by atoms with Crippen molar-refractivity contribution in [2.75, 3.05) is 13.1 Å². The lowest BCUT2D eigenvalue weighted by Gasteiger charge is -2.32. The number of benzene rings is 2. The Balaban J connectivity index is 1.58. The number of hydrogen-bond donors (Lipinski definition) is 3. The first kappa shape index (κ1) is 18.3. The monoisotopic (exact) mass is 418 g/mol. The van der Waals surface area contributed by atoms with Crippen LogP contribution in [0, 0.1) is 0 Å². The largest absolute Gasteiger partial charge is 0.508 e. The number of phenolic OH excluding ortho intramolecular Hbond substituents is 2. The molecular formula is C19H19BrN2O4. The molecule has 26 heavy (non-hydrogen) atoms. The topological polar surface area (TPSA) is 89.9 Å². The van der Waals surface area contributed by atoms with Crippen molar-refractivity contribution in [2.24, 2.45) is 0 Å². The van der Waals surface area contributed by atoms with Crippen molar-refractivity contribution in [3.8, 4) is 11.5 Å². The number of phenols is 2. The number of amides is 2. The molecule has 2 aromatic carbocycles. The molecular weight excluding hydrogens is 400 g/mol. The van der Waals surface area contributed by atoms with E-state index in [-0.39, 0.29) is 34.9 Å². The number of aromatic hydroxyl groups is 2. The number of carbonyl (C=O) groups excluding carboxylic acids is 2. The van der Waals surface area contributed by atoms with Crippen LogP contribution in [0.2, 0.25) is 0 Å². The highest BCUT2D eigenvalue weighted by atomic mass is 79.9. The first-order valence-electron chi connectivity index (χ1n) is 8.32. The average molecular weight is 419 g/mol. The molecule has 1 aliphatic rings. The zero-order chi connectivity index (χ0) is 18.7. The van der Waals surface area contributed by atoms with Crippen LogP contribution in [-0.4, -0.2) is 46.1 Å². The van der Waals surface area contributed by atoms with Crippen LogP contribution in [0.3, 0.4) is 0 Å². The van der Waals surface area contributed by atoms with Crippen LogP contribution in [-0.2, 0) is 0 Å². The van der Waals surface area contributed by atoms with E-state index in [1.165, 1.54) is 18.2 Å². The van der Waals surface area contributed by atoms with E-state index in [4.69, 9.17) is 0 Å². The summed E-state index contributed by atoms with van der Waals surface area (Å²) in [5, 5.41) is 22.1. The molecule has 2 amide bonds. The molecule has 3 rings (SSSR count). The first-order valence-corrected chi connectivity index (χ1v) is 9.11. The second-order valence-corrected chi connectivity index (χ2v) is 7.11. The molecule has 1 saturated heterocycles. The molecule has 0 saturated carbocycles. The van der Waals surface area contributed by atoms with Gasteiger partial charge in [0.1, 0.15) is 11.5 Å². The molecule has 1 heterocycles. The number of piperidine rings is 1. The van der Waals surface area contributed by atoms with Crippen molar-refractivity contribution in [2.45, 2.75) is 18.9 Å². The Morgan fingerprint density at radius 3 is 2.27 bits per heavy atom. The molecule has 1 fully saturated rings. The number of likely N-dealkylation sites (tertiary alicyclic amines) is 1. The zero-order valence-corrected chi connectivity index (χ0v) is 15.6. The normalized spacial score (nSPS) is 14.9. The third-order valence-corrected chi connectivity index (χ3v) is 5.08. The third-order valence-electron chi connectivity index (χ3n) is 4.39. The van der Waals surface area contributed by atoms with Crippen LogP contribution < -0.4 is 5.32 Å². The second-order valence-electron chi connectivity index (χ2n) is 6.26. The van der Waals surface area contributed by atoms with E-state index in [1.54, 1.807) is 11.0 Å². The van der Waals surface area contributed by atoms with E-state index >= 15 is 0 Å². The molecule has 3 N–H and O–H groups in total. The number of carbonyl (C=O) groups is 2. The fourth-order valence-corrected chi connectivity index (χ4v) is 3.50. The van der Waals surface area contributed by atoms with Crippen molar-refractivity contribution < 1.29 is 19.8 Å². The predicted octanol–water partition coefficient (Wildman–Crippen LogP) is 2.89. The van der Waals surface area contributed by atoms with E-state index in [0.717, 1.165) is 4.47 Å². The molecule has 0 aliphatic carbocycles. The van der Waals surface area contributed by atoms with Gasteiger partial charge in [0.2, 0.25) is 0 Å². The highest BCUT2D eigenvalue weighted by molar-refractivity contribution is 9.10. The van der Waals surface area contributed by atoms with Crippen LogP contribution in [0.4, 0.5) is 0 Å². The van der Waals surface area contributed by atoms with Gasteiger partial charge in [-0.3, -0.25) is 9.59 Å². The Morgan fingerprint density at radius 1 is 1.04 bits per heavy atom. The van der Waals surface area contributed by atoms with Gasteiger partial charge in [0.15, 0.2) is 0 Å². The number of nitrogens with one attached hydrogen (secondary N) is 1. The maximum absolute atomic E-state index is 12.5. The minimum Gasteiger partial charge on any atom is -0.508 e. The van der Waals surface area contributed by atoms with Crippen LogP contribution in [0.1, 0.15) is 33.6 Å². The quantitative estimate of drug-likeness (QED) is 0.714. The van der Waals surface area contributed by atoms with Gasteiger partial charge in [-0.25, -0.2) is 0 Å². The molecule has 6 nitrogen and oxygen atoms in total. The van der Waals surface area contributed by atoms with Gasteiger partial charge in [-0.1, -0.05) is 12.1 Å². The number of nitrogens with zero attached hydrogens (tertiary/aromatic N) is 1. The summed E-state index contributed by atoms with van der Waals surface area (Å²) in [7, 11) is 0. The molecule has 7 heteroatoms. The lowest BCUT2D eigenvalue weighted by Crippen LogP contribution is -2.46.